The van der Waals surface area contributed by atoms with Crippen molar-refractivity contribution in [1.82, 2.24) is 0 Å². The number of fused-ring (bicyclic) bond motifs is 1. The molecule has 11 nitrogen and oxygen atoms in total. The number of hydrogen-bond acceptors (Lipinski definition) is 11. The Morgan fingerprint density at radius 1 is 1.08 bits per heavy atom. The predicted molar refractivity (Wildman–Crippen MR) is 134 cm³/mol. The Morgan fingerprint density at radius 3 is 2.23 bits per heavy atom. The van der Waals surface area contributed by atoms with Gasteiger partial charge >= 0.3 is 11.9 Å². The first-order valence-electron chi connectivity index (χ1n) is 12.9. The average Bonchev–Trinajstić information content (AvgIpc) is 3.56. The van der Waals surface area contributed by atoms with Crippen molar-refractivity contribution in [2.24, 2.45) is 22.2 Å². The highest BCUT2D eigenvalue weighted by atomic mass is 16.6. The third kappa shape index (κ3) is 3.70. The van der Waals surface area contributed by atoms with Gasteiger partial charge in [0.25, 0.3) is 0 Å². The van der Waals surface area contributed by atoms with Gasteiger partial charge in [-0.15, -0.1) is 0 Å². The molecular weight excluding hydrogens is 512 g/mol. The van der Waals surface area contributed by atoms with Gasteiger partial charge < -0.3 is 39.1 Å². The average molecular weight is 551 g/mol. The van der Waals surface area contributed by atoms with E-state index in [1.165, 1.54) is 46.7 Å². The summed E-state index contributed by atoms with van der Waals surface area (Å²) in [5.41, 5.74) is -5.69. The number of Topliss-reactive ketones (excluding diaryl/α,β-unsaturated/α-hetero) is 1. The van der Waals surface area contributed by atoms with E-state index >= 15 is 0 Å². The number of carbonyl (C=O) groups excluding carboxylic acids is 3. The van der Waals surface area contributed by atoms with Crippen molar-refractivity contribution in [3.05, 3.63) is 35.3 Å². The lowest BCUT2D eigenvalue weighted by Crippen LogP contribution is -2.65. The molecule has 0 bridgehead atoms. The summed E-state index contributed by atoms with van der Waals surface area (Å²) in [4.78, 5) is 39.8. The lowest BCUT2D eigenvalue weighted by Gasteiger charge is -2.54. The van der Waals surface area contributed by atoms with Crippen LogP contribution in [0.2, 0.25) is 0 Å². The Bertz CT molecular complexity index is 1190. The van der Waals surface area contributed by atoms with Crippen LogP contribution >= 0.6 is 0 Å². The maximum Gasteiger partial charge on any atom is 0.309 e. The van der Waals surface area contributed by atoms with E-state index in [-0.39, 0.29) is 24.0 Å². The summed E-state index contributed by atoms with van der Waals surface area (Å²) in [6.07, 6.45) is -5.36. The number of aliphatic hydroxyl groups is 4. The molecule has 0 aromatic carbocycles. The number of carbonyl (C=O) groups is 3. The van der Waals surface area contributed by atoms with E-state index in [1.807, 2.05) is 0 Å². The molecule has 1 spiro atoms. The molecule has 2 aliphatic carbocycles. The molecule has 0 unspecified atom stereocenters. The monoisotopic (exact) mass is 550 g/mol. The van der Waals surface area contributed by atoms with E-state index in [4.69, 9.17) is 18.6 Å². The highest BCUT2D eigenvalue weighted by molar-refractivity contribution is 6.01. The van der Waals surface area contributed by atoms with Crippen LogP contribution in [0.5, 0.6) is 0 Å². The third-order valence-electron chi connectivity index (χ3n) is 9.94. The summed E-state index contributed by atoms with van der Waals surface area (Å²) in [5.74, 6) is -2.75. The zero-order chi connectivity index (χ0) is 29.3. The summed E-state index contributed by atoms with van der Waals surface area (Å²) >= 11 is 0. The second-order valence-electron chi connectivity index (χ2n) is 12.0. The molecule has 9 atom stereocenters. The van der Waals surface area contributed by atoms with Gasteiger partial charge in [0.05, 0.1) is 50.8 Å². The molecular formula is C28H38O11. The number of ether oxygens (including phenoxy) is 3. The quantitative estimate of drug-likeness (QED) is 0.296. The van der Waals surface area contributed by atoms with Gasteiger partial charge in [0.1, 0.15) is 18.3 Å². The lowest BCUT2D eigenvalue weighted by molar-refractivity contribution is -0.225. The third-order valence-corrected chi connectivity index (χ3v) is 9.94. The van der Waals surface area contributed by atoms with Crippen molar-refractivity contribution >= 4 is 17.7 Å². The van der Waals surface area contributed by atoms with Crippen LogP contribution in [0.15, 0.2) is 34.2 Å². The number of aliphatic hydroxyl groups excluding tert-OH is 4. The van der Waals surface area contributed by atoms with Crippen LogP contribution in [0.1, 0.15) is 59.1 Å². The molecule has 0 amide bonds. The topological polar surface area (TPSA) is 173 Å². The molecule has 39 heavy (non-hydrogen) atoms. The smallest absolute Gasteiger partial charge is 0.309 e. The van der Waals surface area contributed by atoms with Crippen molar-refractivity contribution in [2.45, 2.75) is 83.6 Å². The Morgan fingerprint density at radius 2 is 1.69 bits per heavy atom. The van der Waals surface area contributed by atoms with Crippen molar-refractivity contribution in [2.75, 3.05) is 14.2 Å². The molecule has 1 saturated heterocycles. The van der Waals surface area contributed by atoms with E-state index in [1.54, 1.807) is 20.8 Å². The molecule has 4 rings (SSSR count). The van der Waals surface area contributed by atoms with Crippen molar-refractivity contribution in [3.8, 4) is 0 Å². The maximum atomic E-state index is 14.7. The zero-order valence-electron chi connectivity index (χ0n) is 23.3. The zero-order valence-corrected chi connectivity index (χ0v) is 23.3. The standard InChI is InChI=1S/C28H38O11/c1-13-15(10-17(29)36-6)26(4,20(32)14-8-9-38-12-14)23(34)28(13)24(35)27(5)16(11-18(30)37-7)25(2,3)21(33)19(31)22(27)39-28/h8-9,12,16,19-23,31-34H,10-11H2,1-7H3/t16-,19-,20-,21+,22-,23-,26+,27+,28-/m0/s1. The van der Waals surface area contributed by atoms with Crippen LogP contribution in [-0.4, -0.2) is 82.4 Å². The SMILES string of the molecule is COC(=O)CC1=C(C)[C@]2(O[C@H]3[C@@H](O)[C@@H](O)C(C)(C)[C@H](CC(=O)OC)[C@@]3(C)C2=O)[C@@H](O)[C@@]1(C)[C@@H](O)c1ccoc1. The van der Waals surface area contributed by atoms with Gasteiger partial charge in [0.2, 0.25) is 0 Å². The molecule has 1 aliphatic heterocycles. The highest BCUT2D eigenvalue weighted by Crippen LogP contribution is 2.66. The van der Waals surface area contributed by atoms with Gasteiger partial charge in [-0.2, -0.15) is 0 Å². The molecule has 1 saturated carbocycles. The second kappa shape index (κ2) is 9.52. The Balaban J connectivity index is 1.94. The minimum Gasteiger partial charge on any atom is -0.472 e. The van der Waals surface area contributed by atoms with Gasteiger partial charge in [-0.3, -0.25) is 14.4 Å². The van der Waals surface area contributed by atoms with E-state index < -0.39 is 76.0 Å². The summed E-state index contributed by atoms with van der Waals surface area (Å²) in [6, 6.07) is 1.51. The Labute approximate surface area is 226 Å². The molecule has 4 N–H and O–H groups in total. The number of esters is 2. The minimum absolute atomic E-state index is 0.197. The van der Waals surface area contributed by atoms with Gasteiger partial charge in [0.15, 0.2) is 11.4 Å². The molecule has 1 aromatic rings. The second-order valence-corrected chi connectivity index (χ2v) is 12.0. The van der Waals surface area contributed by atoms with Gasteiger partial charge in [0, 0.05) is 17.4 Å². The summed E-state index contributed by atoms with van der Waals surface area (Å²) in [5, 5.41) is 45.9. The molecule has 3 aliphatic rings. The first-order valence-corrected chi connectivity index (χ1v) is 12.9. The lowest BCUT2D eigenvalue weighted by atomic mass is 9.50. The van der Waals surface area contributed by atoms with Crippen LogP contribution in [-0.2, 0) is 28.6 Å². The fraction of sp³-hybridized carbons (Fsp3) is 0.679. The number of furan rings is 1. The van der Waals surface area contributed by atoms with Crippen molar-refractivity contribution < 1.29 is 53.4 Å². The number of hydrogen-bond donors (Lipinski definition) is 4. The van der Waals surface area contributed by atoms with E-state index in [9.17, 15) is 34.8 Å². The minimum atomic E-state index is -2.10. The van der Waals surface area contributed by atoms with E-state index in [2.05, 4.69) is 0 Å². The molecule has 2 fully saturated rings. The summed E-state index contributed by atoms with van der Waals surface area (Å²) < 4.78 is 21.3. The first-order chi connectivity index (χ1) is 18.1. The Hall–Kier alpha value is -2.57. The van der Waals surface area contributed by atoms with Gasteiger partial charge in [-0.05, 0) is 42.4 Å². The van der Waals surface area contributed by atoms with E-state index in [0.29, 0.717) is 5.56 Å². The number of methoxy groups -OCH3 is 2. The van der Waals surface area contributed by atoms with Gasteiger partial charge in [-0.1, -0.05) is 20.8 Å². The van der Waals surface area contributed by atoms with Gasteiger partial charge in [-0.25, -0.2) is 0 Å². The molecule has 216 valence electrons. The highest BCUT2D eigenvalue weighted by Gasteiger charge is 2.78. The maximum absolute atomic E-state index is 14.7. The van der Waals surface area contributed by atoms with Crippen LogP contribution in [0.3, 0.4) is 0 Å². The predicted octanol–water partition coefficient (Wildman–Crippen LogP) is 1.23. The van der Waals surface area contributed by atoms with Crippen LogP contribution in [0.25, 0.3) is 0 Å². The molecule has 0 radical (unpaired) electrons. The van der Waals surface area contributed by atoms with Crippen LogP contribution in [0, 0.1) is 22.2 Å². The fourth-order valence-corrected chi connectivity index (χ4v) is 7.49. The Kier molecular flexibility index (Phi) is 7.18. The molecule has 11 heteroatoms. The van der Waals surface area contributed by atoms with Crippen LogP contribution < -0.4 is 0 Å². The molecule has 1 aromatic heterocycles. The summed E-state index contributed by atoms with van der Waals surface area (Å²) in [7, 11) is 2.42. The number of rotatable bonds is 6. The summed E-state index contributed by atoms with van der Waals surface area (Å²) in [6.45, 7) is 7.92. The first kappa shape index (κ1) is 29.4. The van der Waals surface area contributed by atoms with Crippen LogP contribution in [0.4, 0.5) is 0 Å². The normalized spacial score (nSPS) is 40.1. The largest absolute Gasteiger partial charge is 0.472 e. The van der Waals surface area contributed by atoms with Crippen molar-refractivity contribution in [1.29, 1.82) is 0 Å². The van der Waals surface area contributed by atoms with E-state index in [0.717, 1.165) is 0 Å². The number of ketones is 1. The van der Waals surface area contributed by atoms with Crippen molar-refractivity contribution in [3.63, 3.8) is 0 Å². The fourth-order valence-electron chi connectivity index (χ4n) is 7.49. The molecule has 2 heterocycles.